The van der Waals surface area contributed by atoms with Gasteiger partial charge in [0.15, 0.2) is 0 Å². The fourth-order valence-electron chi connectivity index (χ4n) is 2.48. The molecule has 1 aromatic heterocycles. The zero-order chi connectivity index (χ0) is 16.6. The minimum Gasteiger partial charge on any atom is -0.321 e. The highest BCUT2D eigenvalue weighted by atomic mass is 35.5. The van der Waals surface area contributed by atoms with Crippen LogP contribution < -0.4 is 0 Å². The molecule has 0 radical (unpaired) electrons. The summed E-state index contributed by atoms with van der Waals surface area (Å²) in [4.78, 5) is 5.68. The van der Waals surface area contributed by atoms with Gasteiger partial charge in [0.2, 0.25) is 0 Å². The summed E-state index contributed by atoms with van der Waals surface area (Å²) >= 11 is 6.14. The van der Waals surface area contributed by atoms with Gasteiger partial charge in [-0.3, -0.25) is 10.8 Å². The number of aromatic nitrogens is 1. The maximum atomic E-state index is 13.7. The van der Waals surface area contributed by atoms with Gasteiger partial charge in [0.05, 0.1) is 6.34 Å². The van der Waals surface area contributed by atoms with E-state index in [1.54, 1.807) is 19.2 Å². The van der Waals surface area contributed by atoms with Crippen molar-refractivity contribution in [1.82, 2.24) is 9.88 Å². The van der Waals surface area contributed by atoms with Crippen LogP contribution in [0, 0.1) is 16.6 Å². The summed E-state index contributed by atoms with van der Waals surface area (Å²) < 4.78 is 13.7. The maximum Gasteiger partial charge on any atom is 0.133 e. The van der Waals surface area contributed by atoms with Crippen LogP contribution in [-0.2, 0) is 0 Å². The molecule has 1 saturated carbocycles. The molecule has 1 aliphatic carbocycles. The van der Waals surface area contributed by atoms with Crippen LogP contribution in [-0.4, -0.2) is 29.1 Å². The lowest BCUT2D eigenvalue weighted by Gasteiger charge is -2.17. The molecule has 0 amide bonds. The molecule has 0 spiro atoms. The van der Waals surface area contributed by atoms with Crippen molar-refractivity contribution in [3.63, 3.8) is 0 Å². The van der Waals surface area contributed by atoms with Crippen LogP contribution in [0.5, 0.6) is 0 Å². The van der Waals surface area contributed by atoms with Crippen LogP contribution in [0.1, 0.15) is 30.0 Å². The Balaban J connectivity index is 2.12. The van der Waals surface area contributed by atoms with Gasteiger partial charge in [-0.2, -0.15) is 0 Å². The first-order valence-corrected chi connectivity index (χ1v) is 7.67. The third-order valence-corrected chi connectivity index (χ3v) is 4.10. The molecule has 4 nitrogen and oxygen atoms in total. The second-order valence-corrected chi connectivity index (χ2v) is 6.04. The first kappa shape index (κ1) is 15.6. The smallest absolute Gasteiger partial charge is 0.133 e. The first-order valence-electron chi connectivity index (χ1n) is 7.29. The topological polar surface area (TPSA) is 63.8 Å². The molecule has 0 unspecified atom stereocenters. The van der Waals surface area contributed by atoms with Crippen molar-refractivity contribution in [3.05, 3.63) is 52.6 Å². The van der Waals surface area contributed by atoms with Crippen molar-refractivity contribution in [3.8, 4) is 11.1 Å². The lowest BCUT2D eigenvalue weighted by molar-refractivity contribution is 0.627. The predicted octanol–water partition coefficient (Wildman–Crippen LogP) is 4.28. The van der Waals surface area contributed by atoms with E-state index >= 15 is 0 Å². The number of halogens is 2. The molecule has 0 atom stereocenters. The van der Waals surface area contributed by atoms with Crippen LogP contribution in [0.25, 0.3) is 11.1 Å². The van der Waals surface area contributed by atoms with E-state index in [1.807, 2.05) is 6.07 Å². The van der Waals surface area contributed by atoms with Crippen LogP contribution in [0.4, 0.5) is 4.39 Å². The van der Waals surface area contributed by atoms with Gasteiger partial charge >= 0.3 is 0 Å². The first-order chi connectivity index (χ1) is 11.0. The van der Waals surface area contributed by atoms with E-state index in [0.717, 1.165) is 30.4 Å². The highest BCUT2D eigenvalue weighted by Crippen LogP contribution is 2.41. The number of nitrogens with zero attached hydrogens (tertiary/aromatic N) is 2. The van der Waals surface area contributed by atoms with Gasteiger partial charge in [0.25, 0.3) is 0 Å². The largest absolute Gasteiger partial charge is 0.321 e. The number of rotatable bonds is 4. The van der Waals surface area contributed by atoms with E-state index < -0.39 is 5.82 Å². The Bertz CT molecular complexity index is 786. The Morgan fingerprint density at radius 1 is 1.35 bits per heavy atom. The lowest BCUT2D eigenvalue weighted by atomic mass is 9.98. The van der Waals surface area contributed by atoms with E-state index in [4.69, 9.17) is 22.4 Å². The number of hydrogen-bond donors (Lipinski definition) is 2. The average Bonchev–Trinajstić information content (AvgIpc) is 3.37. The molecule has 3 rings (SSSR count). The van der Waals surface area contributed by atoms with Crippen molar-refractivity contribution in [2.75, 3.05) is 7.05 Å². The minimum absolute atomic E-state index is 0.0513. The Kier molecular flexibility index (Phi) is 4.13. The number of benzene rings is 1. The molecule has 1 aromatic carbocycles. The molecule has 2 aromatic rings. The highest BCUT2D eigenvalue weighted by Gasteiger charge is 2.26. The Hall–Kier alpha value is -2.27. The molecular formula is C17H16ClFN4. The fourth-order valence-corrected chi connectivity index (χ4v) is 2.69. The van der Waals surface area contributed by atoms with E-state index in [1.165, 1.54) is 17.0 Å². The molecule has 6 heteroatoms. The van der Waals surface area contributed by atoms with E-state index in [9.17, 15) is 4.39 Å². The summed E-state index contributed by atoms with van der Waals surface area (Å²) in [6.45, 7) is 0. The van der Waals surface area contributed by atoms with Crippen molar-refractivity contribution in [1.29, 1.82) is 10.8 Å². The molecule has 1 heterocycles. The van der Waals surface area contributed by atoms with Gasteiger partial charge in [-0.15, -0.1) is 0 Å². The fraction of sp³-hybridized carbons (Fsp3) is 0.235. The quantitative estimate of drug-likeness (QED) is 0.499. The summed E-state index contributed by atoms with van der Waals surface area (Å²) in [7, 11) is 1.58. The molecule has 118 valence electrons. The van der Waals surface area contributed by atoms with Crippen molar-refractivity contribution >= 4 is 23.8 Å². The average molecular weight is 331 g/mol. The molecule has 0 bridgehead atoms. The molecular weight excluding hydrogens is 315 g/mol. The van der Waals surface area contributed by atoms with Crippen molar-refractivity contribution in [2.24, 2.45) is 0 Å². The summed E-state index contributed by atoms with van der Waals surface area (Å²) in [5.41, 5.74) is 2.87. The molecule has 0 saturated heterocycles. The zero-order valence-corrected chi connectivity index (χ0v) is 13.4. The Morgan fingerprint density at radius 2 is 2.09 bits per heavy atom. The van der Waals surface area contributed by atoms with Crippen molar-refractivity contribution < 1.29 is 4.39 Å². The third-order valence-electron chi connectivity index (χ3n) is 3.90. The third kappa shape index (κ3) is 3.24. The zero-order valence-electron chi connectivity index (χ0n) is 12.6. The summed E-state index contributed by atoms with van der Waals surface area (Å²) in [6.07, 6.45) is 3.23. The summed E-state index contributed by atoms with van der Waals surface area (Å²) in [6, 6.07) is 7.99. The van der Waals surface area contributed by atoms with Crippen LogP contribution in [0.3, 0.4) is 0 Å². The predicted molar refractivity (Wildman–Crippen MR) is 90.0 cm³/mol. The molecule has 2 N–H and O–H groups in total. The van der Waals surface area contributed by atoms with Gasteiger partial charge in [-0.1, -0.05) is 17.7 Å². The Labute approximate surface area is 138 Å². The SMILES string of the molecule is CN(C=N)C(=N)c1cc(F)ccc1-c1cc(Cl)nc(C2CC2)c1. The van der Waals surface area contributed by atoms with Crippen molar-refractivity contribution in [2.45, 2.75) is 18.8 Å². The minimum atomic E-state index is -0.422. The monoisotopic (exact) mass is 330 g/mol. The molecule has 23 heavy (non-hydrogen) atoms. The molecule has 1 fully saturated rings. The maximum absolute atomic E-state index is 13.7. The number of amidine groups is 1. The second-order valence-electron chi connectivity index (χ2n) is 5.66. The number of hydrogen-bond acceptors (Lipinski definition) is 3. The second kappa shape index (κ2) is 6.08. The van der Waals surface area contributed by atoms with Crippen LogP contribution >= 0.6 is 11.6 Å². The van der Waals surface area contributed by atoms with E-state index in [0.29, 0.717) is 22.2 Å². The standard InChI is InChI=1S/C17H16ClFN4/c1-23(9-20)17(21)14-8-12(19)4-5-13(14)11-6-15(10-2-3-10)22-16(18)7-11/h4-10,20-21H,2-3H2,1H3. The summed E-state index contributed by atoms with van der Waals surface area (Å²) in [5, 5.41) is 15.9. The van der Waals surface area contributed by atoms with Gasteiger partial charge < -0.3 is 4.90 Å². The normalized spacial score (nSPS) is 13.7. The van der Waals surface area contributed by atoms with Gasteiger partial charge in [-0.25, -0.2) is 9.37 Å². The van der Waals surface area contributed by atoms with Crippen LogP contribution in [0.15, 0.2) is 30.3 Å². The Morgan fingerprint density at radius 3 is 2.74 bits per heavy atom. The molecule has 1 aliphatic rings. The molecule has 0 aliphatic heterocycles. The summed E-state index contributed by atoms with van der Waals surface area (Å²) in [5.74, 6) is 0.0740. The number of pyridine rings is 1. The number of nitrogens with one attached hydrogen (secondary N) is 2. The van der Waals surface area contributed by atoms with Gasteiger partial charge in [-0.05, 0) is 48.2 Å². The van der Waals surface area contributed by atoms with Crippen LogP contribution in [0.2, 0.25) is 5.15 Å². The lowest BCUT2D eigenvalue weighted by Crippen LogP contribution is -2.25. The highest BCUT2D eigenvalue weighted by molar-refractivity contribution is 6.29. The van der Waals surface area contributed by atoms with Gasteiger partial charge in [0.1, 0.15) is 16.8 Å². The van der Waals surface area contributed by atoms with E-state index in [2.05, 4.69) is 4.98 Å². The van der Waals surface area contributed by atoms with Gasteiger partial charge in [0, 0.05) is 24.2 Å². The van der Waals surface area contributed by atoms with E-state index in [-0.39, 0.29) is 5.84 Å².